The van der Waals surface area contributed by atoms with E-state index in [4.69, 9.17) is 4.74 Å². The van der Waals surface area contributed by atoms with E-state index in [2.05, 4.69) is 35.9 Å². The third-order valence-corrected chi connectivity index (χ3v) is 7.09. The predicted octanol–water partition coefficient (Wildman–Crippen LogP) is -0.150. The third kappa shape index (κ3) is 4.88. The number of aliphatic hydroxyl groups excluding tert-OH is 2. The first-order valence-corrected chi connectivity index (χ1v) is 12.8. The van der Waals surface area contributed by atoms with Crippen LogP contribution in [0.25, 0.3) is 11.2 Å². The smallest absolute Gasteiger partial charge is 0.324 e. The van der Waals surface area contributed by atoms with Crippen molar-refractivity contribution in [3.63, 3.8) is 0 Å². The van der Waals surface area contributed by atoms with Crippen LogP contribution in [0.15, 0.2) is 49.2 Å². The second kappa shape index (κ2) is 10.6. The Balaban J connectivity index is 1.22. The number of anilines is 1. The second-order valence-electron chi connectivity index (χ2n) is 9.86. The maximum absolute atomic E-state index is 12.7. The molecule has 0 bridgehead atoms. The number of aromatic nitrogens is 7. The van der Waals surface area contributed by atoms with E-state index in [0.717, 1.165) is 0 Å². The first kappa shape index (κ1) is 26.4. The Bertz CT molecular complexity index is 1610. The van der Waals surface area contributed by atoms with Crippen molar-refractivity contribution in [3.05, 3.63) is 60.4 Å². The number of hydrogen-bond donors (Lipinski definition) is 4. The Labute approximate surface area is 232 Å². The lowest BCUT2D eigenvalue weighted by atomic mass is 10.1. The molecule has 212 valence electrons. The van der Waals surface area contributed by atoms with Gasteiger partial charge in [0.05, 0.1) is 31.6 Å². The standard InChI is InChI=1S/C25H26N10O6/c1-13-7-33(25(40)30-22(13)38)8-15-9-35(32-31-15)18-16(10-36)41-24(19(18)37)34-12-28-17-20(26-11-27-21(17)34)29-23(39)14-5-3-2-4-6-14/h2-6,9,11-13,16,18-19,24,36-37H,7-8,10H2,1H3,(H,30,38,40)(H,26,27,29,39)/t13?,16-,18+,19?,24-/m1/s1. The molecule has 4 amide bonds. The highest BCUT2D eigenvalue weighted by Gasteiger charge is 2.47. The number of carbonyl (C=O) groups is 3. The lowest BCUT2D eigenvalue weighted by molar-refractivity contribution is -0.125. The van der Waals surface area contributed by atoms with Gasteiger partial charge in [-0.05, 0) is 12.1 Å². The first-order chi connectivity index (χ1) is 19.8. The van der Waals surface area contributed by atoms with Gasteiger partial charge >= 0.3 is 6.03 Å². The van der Waals surface area contributed by atoms with Crippen LogP contribution in [-0.4, -0.2) is 92.8 Å². The first-order valence-electron chi connectivity index (χ1n) is 12.8. The molecular weight excluding hydrogens is 536 g/mol. The molecule has 2 unspecified atom stereocenters. The Morgan fingerprint density at radius 3 is 2.78 bits per heavy atom. The average molecular weight is 563 g/mol. The lowest BCUT2D eigenvalue weighted by Gasteiger charge is -2.29. The molecule has 2 aliphatic rings. The summed E-state index contributed by atoms with van der Waals surface area (Å²) in [5.74, 6) is -0.888. The molecule has 6 rings (SSSR count). The van der Waals surface area contributed by atoms with Gasteiger partial charge in [-0.1, -0.05) is 30.3 Å². The highest BCUT2D eigenvalue weighted by Crippen LogP contribution is 2.38. The van der Waals surface area contributed by atoms with Crippen molar-refractivity contribution in [2.45, 2.75) is 37.9 Å². The third-order valence-electron chi connectivity index (χ3n) is 7.09. The largest absolute Gasteiger partial charge is 0.394 e. The molecule has 2 aliphatic heterocycles. The minimum Gasteiger partial charge on any atom is -0.394 e. The van der Waals surface area contributed by atoms with Crippen LogP contribution >= 0.6 is 0 Å². The summed E-state index contributed by atoms with van der Waals surface area (Å²) in [6.45, 7) is 1.62. The molecule has 2 saturated heterocycles. The van der Waals surface area contributed by atoms with Crippen molar-refractivity contribution in [1.82, 2.24) is 44.7 Å². The van der Waals surface area contributed by atoms with Crippen LogP contribution in [-0.2, 0) is 16.1 Å². The zero-order valence-electron chi connectivity index (χ0n) is 21.7. The molecule has 0 saturated carbocycles. The number of fused-ring (bicyclic) bond motifs is 1. The molecule has 0 aliphatic carbocycles. The number of carbonyl (C=O) groups excluding carboxylic acids is 3. The van der Waals surface area contributed by atoms with Crippen LogP contribution in [0.2, 0.25) is 0 Å². The number of imidazole rings is 1. The summed E-state index contributed by atoms with van der Waals surface area (Å²) in [6, 6.07) is 7.28. The molecule has 3 aromatic heterocycles. The molecule has 5 atom stereocenters. The number of imide groups is 1. The summed E-state index contributed by atoms with van der Waals surface area (Å²) in [6.07, 6.45) is 1.14. The molecule has 0 radical (unpaired) electrons. The number of hydrogen-bond acceptors (Lipinski definition) is 11. The second-order valence-corrected chi connectivity index (χ2v) is 9.86. The Morgan fingerprint density at radius 1 is 1.20 bits per heavy atom. The highest BCUT2D eigenvalue weighted by molar-refractivity contribution is 6.06. The van der Waals surface area contributed by atoms with Crippen molar-refractivity contribution in [1.29, 1.82) is 0 Å². The molecule has 41 heavy (non-hydrogen) atoms. The van der Waals surface area contributed by atoms with Crippen molar-refractivity contribution in [2.24, 2.45) is 5.92 Å². The molecule has 16 nitrogen and oxygen atoms in total. The van der Waals surface area contributed by atoms with E-state index in [9.17, 15) is 24.6 Å². The van der Waals surface area contributed by atoms with E-state index < -0.39 is 37.1 Å². The van der Waals surface area contributed by atoms with Crippen molar-refractivity contribution >= 4 is 34.8 Å². The van der Waals surface area contributed by atoms with Gasteiger partial charge in [0.1, 0.15) is 30.3 Å². The van der Waals surface area contributed by atoms with E-state index in [0.29, 0.717) is 16.9 Å². The summed E-state index contributed by atoms with van der Waals surface area (Å²) in [5.41, 5.74) is 1.45. The van der Waals surface area contributed by atoms with Crippen LogP contribution in [0.3, 0.4) is 0 Å². The minimum atomic E-state index is -1.22. The van der Waals surface area contributed by atoms with Gasteiger partial charge in [-0.3, -0.25) is 19.5 Å². The van der Waals surface area contributed by atoms with Gasteiger partial charge in [0.2, 0.25) is 5.91 Å². The van der Waals surface area contributed by atoms with Crippen LogP contribution in [0.4, 0.5) is 10.6 Å². The summed E-state index contributed by atoms with van der Waals surface area (Å²) in [7, 11) is 0. The summed E-state index contributed by atoms with van der Waals surface area (Å²) in [4.78, 5) is 50.8. The van der Waals surface area contributed by atoms with Gasteiger partial charge in [-0.25, -0.2) is 24.4 Å². The summed E-state index contributed by atoms with van der Waals surface area (Å²) >= 11 is 0. The summed E-state index contributed by atoms with van der Waals surface area (Å²) < 4.78 is 8.89. The fourth-order valence-corrected chi connectivity index (χ4v) is 5.00. The van der Waals surface area contributed by atoms with E-state index in [1.807, 2.05) is 0 Å². The lowest BCUT2D eigenvalue weighted by Crippen LogP contribution is -2.53. The van der Waals surface area contributed by atoms with Gasteiger partial charge < -0.3 is 25.2 Å². The molecule has 2 fully saturated rings. The monoisotopic (exact) mass is 562 g/mol. The molecule has 5 heterocycles. The number of amides is 4. The van der Waals surface area contributed by atoms with Gasteiger partial charge in [-0.15, -0.1) is 5.10 Å². The topological polar surface area (TPSA) is 203 Å². The molecule has 0 spiro atoms. The molecule has 1 aromatic carbocycles. The van der Waals surface area contributed by atoms with Crippen molar-refractivity contribution in [2.75, 3.05) is 18.5 Å². The summed E-state index contributed by atoms with van der Waals surface area (Å²) in [5, 5.41) is 34.7. The number of nitrogens with one attached hydrogen (secondary N) is 2. The van der Waals surface area contributed by atoms with Crippen LogP contribution < -0.4 is 10.6 Å². The number of ether oxygens (including phenoxy) is 1. The molecule has 4 N–H and O–H groups in total. The van der Waals surface area contributed by atoms with E-state index >= 15 is 0 Å². The van der Waals surface area contributed by atoms with E-state index in [1.165, 1.54) is 26.8 Å². The molecular formula is C25H26N10O6. The van der Waals surface area contributed by atoms with E-state index in [1.54, 1.807) is 43.5 Å². The van der Waals surface area contributed by atoms with Gasteiger partial charge in [0.15, 0.2) is 23.2 Å². The number of aliphatic hydroxyl groups is 2. The zero-order chi connectivity index (χ0) is 28.7. The minimum absolute atomic E-state index is 0.0981. The van der Waals surface area contributed by atoms with Crippen LogP contribution in [0.1, 0.15) is 35.2 Å². The van der Waals surface area contributed by atoms with Gasteiger partial charge in [-0.2, -0.15) is 0 Å². The Kier molecular flexibility index (Phi) is 6.86. The molecule has 4 aromatic rings. The van der Waals surface area contributed by atoms with Crippen molar-refractivity contribution in [3.8, 4) is 0 Å². The van der Waals surface area contributed by atoms with Crippen molar-refractivity contribution < 1.29 is 29.3 Å². The highest BCUT2D eigenvalue weighted by atomic mass is 16.5. The number of urea groups is 1. The average Bonchev–Trinajstić information content (AvgIpc) is 3.69. The molecule has 16 heteroatoms. The van der Waals surface area contributed by atoms with Crippen LogP contribution in [0.5, 0.6) is 0 Å². The fraction of sp³-hybridized carbons (Fsp3) is 0.360. The van der Waals surface area contributed by atoms with E-state index in [-0.39, 0.29) is 42.2 Å². The Morgan fingerprint density at radius 2 is 2.00 bits per heavy atom. The SMILES string of the molecule is CC1CN(Cc2cn([C@@H]3C(O)[C@H](n4cnc5c(NC(=O)c6ccccc6)ncnc54)O[C@@H]3CO)nn2)C(=O)NC1=O. The Hall–Kier alpha value is -4.80. The van der Waals surface area contributed by atoms with Gasteiger partial charge in [0.25, 0.3) is 5.91 Å². The van der Waals surface area contributed by atoms with Gasteiger partial charge in [0, 0.05) is 12.1 Å². The maximum Gasteiger partial charge on any atom is 0.324 e. The predicted molar refractivity (Wildman–Crippen MR) is 139 cm³/mol. The number of rotatable bonds is 7. The quantitative estimate of drug-likeness (QED) is 0.233. The zero-order valence-corrected chi connectivity index (χ0v) is 21.7. The number of benzene rings is 1. The van der Waals surface area contributed by atoms with Crippen LogP contribution in [0, 0.1) is 5.92 Å². The maximum atomic E-state index is 12.7. The normalized spacial score (nSPS) is 24.6. The fourth-order valence-electron chi connectivity index (χ4n) is 5.00. The number of nitrogens with zero attached hydrogens (tertiary/aromatic N) is 8.